The van der Waals surface area contributed by atoms with Crippen molar-refractivity contribution in [3.05, 3.63) is 54.1 Å². The number of cyclic esters (lactones) is 1. The van der Waals surface area contributed by atoms with Crippen LogP contribution in [0.4, 0.5) is 5.69 Å². The van der Waals surface area contributed by atoms with Gasteiger partial charge >= 0.3 is 17.9 Å². The molecule has 2 aliphatic rings. The van der Waals surface area contributed by atoms with Gasteiger partial charge in [-0.1, -0.05) is 24.3 Å². The molecule has 1 amide bonds. The molecule has 1 fully saturated rings. The predicted molar refractivity (Wildman–Crippen MR) is 177 cm³/mol. The number of aliphatic hydroxyl groups is 1. The van der Waals surface area contributed by atoms with Gasteiger partial charge in [-0.2, -0.15) is 0 Å². The highest BCUT2D eigenvalue weighted by Crippen LogP contribution is 2.37. The molecule has 0 saturated heterocycles. The molecule has 0 aromatic heterocycles. The van der Waals surface area contributed by atoms with Gasteiger partial charge in [0.2, 0.25) is 5.91 Å². The number of benzene rings is 1. The number of ether oxygens (including phenoxy) is 3. The van der Waals surface area contributed by atoms with Crippen LogP contribution in [0.15, 0.2) is 48.6 Å². The fourth-order valence-corrected chi connectivity index (χ4v) is 6.30. The van der Waals surface area contributed by atoms with Gasteiger partial charge in [-0.05, 0) is 68.7 Å². The van der Waals surface area contributed by atoms with Crippen molar-refractivity contribution >= 4 is 52.7 Å². The molecule has 0 spiro atoms. The third kappa shape index (κ3) is 12.3. The third-order valence-electron chi connectivity index (χ3n) is 8.26. The van der Waals surface area contributed by atoms with Crippen LogP contribution in [-0.2, 0) is 39.8 Å². The van der Waals surface area contributed by atoms with Gasteiger partial charge in [0.15, 0.2) is 0 Å². The molecule has 46 heavy (non-hydrogen) atoms. The SMILES string of the molecule is COC(=O)[C@H](Cc1ccc(N(CCCl)CCCl)cc1)NC(=O)CCC(=O)O[C@@H]1/C=C/C(=O)O[C@@H](C)CCC/C=C/[C@@H]2C[C@H](O)C[C@H]21. The first-order chi connectivity index (χ1) is 22.1. The number of carbonyl (C=O) groups is 4. The quantitative estimate of drug-likeness (QED) is 0.134. The van der Waals surface area contributed by atoms with E-state index in [4.69, 9.17) is 37.4 Å². The Bertz CT molecular complexity index is 1200. The molecule has 1 aliphatic heterocycles. The van der Waals surface area contributed by atoms with Crippen molar-refractivity contribution in [1.29, 1.82) is 0 Å². The molecular formula is C34H46Cl2N2O8. The second-order valence-electron chi connectivity index (χ2n) is 11.8. The molecule has 2 N–H and O–H groups in total. The molecule has 12 heteroatoms. The number of esters is 3. The minimum absolute atomic E-state index is 0.0337. The molecule has 0 radical (unpaired) electrons. The van der Waals surface area contributed by atoms with Gasteiger partial charge in [0.05, 0.1) is 25.7 Å². The highest BCUT2D eigenvalue weighted by molar-refractivity contribution is 6.18. The van der Waals surface area contributed by atoms with Crippen LogP contribution in [0.5, 0.6) is 0 Å². The Labute approximate surface area is 281 Å². The van der Waals surface area contributed by atoms with Gasteiger partial charge in [-0.25, -0.2) is 9.59 Å². The maximum Gasteiger partial charge on any atom is 0.330 e. The number of hydrogen-bond donors (Lipinski definition) is 2. The van der Waals surface area contributed by atoms with E-state index in [-0.39, 0.29) is 37.2 Å². The number of amides is 1. The van der Waals surface area contributed by atoms with E-state index in [1.165, 1.54) is 19.3 Å². The Kier molecular flexibility index (Phi) is 15.9. The second-order valence-corrected chi connectivity index (χ2v) is 12.5. The van der Waals surface area contributed by atoms with Gasteiger partial charge in [0, 0.05) is 55.4 Å². The van der Waals surface area contributed by atoms with E-state index in [2.05, 4.69) is 22.4 Å². The van der Waals surface area contributed by atoms with E-state index in [1.807, 2.05) is 31.2 Å². The summed E-state index contributed by atoms with van der Waals surface area (Å²) in [5.41, 5.74) is 1.74. The second kappa shape index (κ2) is 19.6. The average Bonchev–Trinajstić information content (AvgIpc) is 3.41. The summed E-state index contributed by atoms with van der Waals surface area (Å²) in [7, 11) is 1.25. The maximum absolute atomic E-state index is 13.0. The number of alkyl halides is 2. The first-order valence-corrected chi connectivity index (χ1v) is 17.0. The zero-order chi connectivity index (χ0) is 33.5. The minimum atomic E-state index is -0.958. The van der Waals surface area contributed by atoms with Crippen LogP contribution in [0.2, 0.25) is 0 Å². The number of methoxy groups -OCH3 is 1. The van der Waals surface area contributed by atoms with E-state index in [9.17, 15) is 24.3 Å². The number of carbonyl (C=O) groups excluding carboxylic acids is 4. The van der Waals surface area contributed by atoms with Gasteiger partial charge in [-0.3, -0.25) is 9.59 Å². The topological polar surface area (TPSA) is 131 Å². The van der Waals surface area contributed by atoms with Crippen LogP contribution < -0.4 is 10.2 Å². The van der Waals surface area contributed by atoms with E-state index < -0.39 is 42.1 Å². The van der Waals surface area contributed by atoms with Crippen molar-refractivity contribution in [1.82, 2.24) is 5.32 Å². The van der Waals surface area contributed by atoms with Crippen molar-refractivity contribution in [2.45, 2.75) is 82.6 Å². The third-order valence-corrected chi connectivity index (χ3v) is 8.60. The molecule has 1 aliphatic carbocycles. The number of anilines is 1. The van der Waals surface area contributed by atoms with Crippen molar-refractivity contribution < 1.29 is 38.5 Å². The normalized spacial score (nSPS) is 25.3. The summed E-state index contributed by atoms with van der Waals surface area (Å²) in [4.78, 5) is 52.8. The lowest BCUT2D eigenvalue weighted by Crippen LogP contribution is -2.43. The van der Waals surface area contributed by atoms with Gasteiger partial charge in [-0.15, -0.1) is 23.2 Å². The molecule has 1 aromatic rings. The van der Waals surface area contributed by atoms with Crippen molar-refractivity contribution in [3.8, 4) is 0 Å². The summed E-state index contributed by atoms with van der Waals surface area (Å²) in [5, 5.41) is 13.1. The molecular weight excluding hydrogens is 635 g/mol. The molecule has 1 saturated carbocycles. The van der Waals surface area contributed by atoms with Crippen LogP contribution in [-0.4, -0.2) is 85.2 Å². The lowest BCUT2D eigenvalue weighted by Gasteiger charge is -2.25. The van der Waals surface area contributed by atoms with Gasteiger partial charge < -0.3 is 29.5 Å². The van der Waals surface area contributed by atoms with Crippen LogP contribution in [0, 0.1) is 11.8 Å². The molecule has 0 unspecified atom stereocenters. The highest BCUT2D eigenvalue weighted by Gasteiger charge is 2.38. The number of fused-ring (bicyclic) bond motifs is 1. The lowest BCUT2D eigenvalue weighted by atomic mass is 9.89. The van der Waals surface area contributed by atoms with Crippen LogP contribution >= 0.6 is 23.2 Å². The molecule has 1 heterocycles. The Morgan fingerprint density at radius 2 is 1.80 bits per heavy atom. The minimum Gasteiger partial charge on any atom is -0.467 e. The molecule has 0 bridgehead atoms. The molecule has 1 aromatic carbocycles. The molecule has 3 rings (SSSR count). The number of rotatable bonds is 13. The van der Waals surface area contributed by atoms with Crippen LogP contribution in [0.1, 0.15) is 57.4 Å². The number of allylic oxidation sites excluding steroid dienone is 2. The summed E-state index contributed by atoms with van der Waals surface area (Å²) in [5.74, 6) is -1.65. The zero-order valence-electron chi connectivity index (χ0n) is 26.6. The van der Waals surface area contributed by atoms with E-state index >= 15 is 0 Å². The Balaban J connectivity index is 1.62. The van der Waals surface area contributed by atoms with Crippen molar-refractivity contribution in [2.75, 3.05) is 36.9 Å². The van der Waals surface area contributed by atoms with E-state index in [0.717, 1.165) is 30.5 Å². The molecule has 6 atom stereocenters. The number of nitrogens with zero attached hydrogens (tertiary/aromatic N) is 1. The largest absolute Gasteiger partial charge is 0.467 e. The average molecular weight is 682 g/mol. The predicted octanol–water partition coefficient (Wildman–Crippen LogP) is 4.48. The van der Waals surface area contributed by atoms with Gasteiger partial charge in [0.1, 0.15) is 12.1 Å². The fraction of sp³-hybridized carbons (Fsp3) is 0.588. The number of aliphatic hydroxyl groups excluding tert-OH is 1. The van der Waals surface area contributed by atoms with Crippen molar-refractivity contribution in [3.63, 3.8) is 0 Å². The van der Waals surface area contributed by atoms with E-state index in [1.54, 1.807) is 0 Å². The fourth-order valence-electron chi connectivity index (χ4n) is 5.89. The Hall–Kier alpha value is -3.08. The summed E-state index contributed by atoms with van der Waals surface area (Å²) in [6.45, 7) is 3.12. The summed E-state index contributed by atoms with van der Waals surface area (Å²) < 4.78 is 16.1. The molecule has 254 valence electrons. The lowest BCUT2D eigenvalue weighted by molar-refractivity contribution is -0.151. The summed E-state index contributed by atoms with van der Waals surface area (Å²) in [6, 6.07) is 6.58. The molecule has 10 nitrogen and oxygen atoms in total. The number of hydrogen-bond acceptors (Lipinski definition) is 9. The van der Waals surface area contributed by atoms with Crippen LogP contribution in [0.25, 0.3) is 0 Å². The first kappa shape index (κ1) is 37.4. The summed E-state index contributed by atoms with van der Waals surface area (Å²) in [6.07, 6.45) is 8.39. The van der Waals surface area contributed by atoms with Crippen LogP contribution in [0.3, 0.4) is 0 Å². The summed E-state index contributed by atoms with van der Waals surface area (Å²) >= 11 is 11.8. The monoisotopic (exact) mass is 680 g/mol. The Morgan fingerprint density at radius 1 is 1.09 bits per heavy atom. The first-order valence-electron chi connectivity index (χ1n) is 15.9. The number of halogens is 2. The maximum atomic E-state index is 13.0. The van der Waals surface area contributed by atoms with E-state index in [0.29, 0.717) is 37.7 Å². The smallest absolute Gasteiger partial charge is 0.330 e. The van der Waals surface area contributed by atoms with Gasteiger partial charge in [0.25, 0.3) is 0 Å². The Morgan fingerprint density at radius 3 is 2.48 bits per heavy atom. The highest BCUT2D eigenvalue weighted by atomic mass is 35.5. The zero-order valence-corrected chi connectivity index (χ0v) is 28.1. The number of nitrogens with one attached hydrogen (secondary N) is 1. The van der Waals surface area contributed by atoms with Crippen molar-refractivity contribution in [2.24, 2.45) is 11.8 Å². The standard InChI is InChI=1S/C34H46Cl2N2O8/c1-23-6-4-3-5-7-25-21-27(39)22-28(25)30(12-14-32(41)45-23)46-33(42)15-13-31(40)37-29(34(43)44-2)20-24-8-10-26(11-9-24)38(18-16-35)19-17-36/h5,7-12,14,23,25,27-30,39H,3-4,6,13,15-22H2,1-2H3,(H,37,40)/b7-5+,14-12+/t23-,25+,27-,28+,29-,30+/m0/s1.